The molecule has 0 atom stereocenters. The number of carbonyl (C=O) groups is 2. The lowest BCUT2D eigenvalue weighted by Gasteiger charge is -2.10. The number of anilines is 2. The first-order valence-electron chi connectivity index (χ1n) is 9.41. The van der Waals surface area contributed by atoms with Crippen molar-refractivity contribution in [3.05, 3.63) is 78.1 Å². The summed E-state index contributed by atoms with van der Waals surface area (Å²) in [6, 6.07) is 15.9. The molecule has 7 nitrogen and oxygen atoms in total. The second-order valence-electron chi connectivity index (χ2n) is 6.51. The molecule has 30 heavy (non-hydrogen) atoms. The molecule has 1 aromatic heterocycles. The van der Waals surface area contributed by atoms with Crippen LogP contribution in [-0.2, 0) is 11.2 Å². The van der Waals surface area contributed by atoms with Crippen LogP contribution in [0.2, 0.25) is 0 Å². The zero-order valence-corrected chi connectivity index (χ0v) is 16.8. The molecule has 0 spiro atoms. The maximum absolute atomic E-state index is 12.4. The van der Waals surface area contributed by atoms with E-state index < -0.39 is 0 Å². The Morgan fingerprint density at radius 1 is 0.867 bits per heavy atom. The van der Waals surface area contributed by atoms with Crippen LogP contribution in [0.15, 0.2) is 67.0 Å². The van der Waals surface area contributed by atoms with E-state index in [2.05, 4.69) is 15.6 Å². The lowest BCUT2D eigenvalue weighted by atomic mass is 10.1. The van der Waals surface area contributed by atoms with Gasteiger partial charge in [0.1, 0.15) is 0 Å². The number of aryl methyl sites for hydroxylation is 1. The number of aromatic nitrogens is 1. The lowest BCUT2D eigenvalue weighted by molar-refractivity contribution is -0.116. The number of hydrogen-bond acceptors (Lipinski definition) is 5. The highest BCUT2D eigenvalue weighted by molar-refractivity contribution is 6.04. The number of nitrogens with zero attached hydrogens (tertiary/aromatic N) is 1. The van der Waals surface area contributed by atoms with Crippen molar-refractivity contribution in [3.8, 4) is 11.5 Å². The summed E-state index contributed by atoms with van der Waals surface area (Å²) in [6.07, 6.45) is 3.99. The monoisotopic (exact) mass is 405 g/mol. The SMILES string of the molecule is COc1ccc(CCC(=O)Nc2cccc(NC(=O)c3ccncc3)c2)cc1OC. The topological polar surface area (TPSA) is 89.6 Å². The molecule has 2 N–H and O–H groups in total. The minimum absolute atomic E-state index is 0.123. The molecule has 2 amide bonds. The predicted molar refractivity (Wildman–Crippen MR) is 115 cm³/mol. The van der Waals surface area contributed by atoms with Crippen LogP contribution in [-0.4, -0.2) is 31.0 Å². The Morgan fingerprint density at radius 2 is 1.57 bits per heavy atom. The highest BCUT2D eigenvalue weighted by atomic mass is 16.5. The van der Waals surface area contributed by atoms with Gasteiger partial charge in [-0.3, -0.25) is 14.6 Å². The third kappa shape index (κ3) is 5.57. The van der Waals surface area contributed by atoms with Crippen LogP contribution in [0.25, 0.3) is 0 Å². The van der Waals surface area contributed by atoms with Crippen molar-refractivity contribution in [2.45, 2.75) is 12.8 Å². The molecule has 0 aliphatic rings. The number of hydrogen-bond donors (Lipinski definition) is 2. The van der Waals surface area contributed by atoms with Gasteiger partial charge in [0.05, 0.1) is 14.2 Å². The molecule has 2 aromatic carbocycles. The maximum atomic E-state index is 12.4. The standard InChI is InChI=1S/C23H23N3O4/c1-29-20-8-6-16(14-21(20)30-2)7-9-22(27)25-18-4-3-5-19(15-18)26-23(28)17-10-12-24-13-11-17/h3-6,8,10-15H,7,9H2,1-2H3,(H,25,27)(H,26,28). The van der Waals surface area contributed by atoms with Crippen molar-refractivity contribution in [2.75, 3.05) is 24.9 Å². The van der Waals surface area contributed by atoms with Crippen LogP contribution in [0.4, 0.5) is 11.4 Å². The van der Waals surface area contributed by atoms with Gasteiger partial charge in [0, 0.05) is 35.8 Å². The van der Waals surface area contributed by atoms with E-state index in [1.165, 1.54) is 0 Å². The fourth-order valence-corrected chi connectivity index (χ4v) is 2.90. The largest absolute Gasteiger partial charge is 0.493 e. The molecule has 0 aliphatic carbocycles. The van der Waals surface area contributed by atoms with Gasteiger partial charge in [-0.2, -0.15) is 0 Å². The first-order chi connectivity index (χ1) is 14.6. The summed E-state index contributed by atoms with van der Waals surface area (Å²) in [5.74, 6) is 0.918. The van der Waals surface area contributed by atoms with E-state index in [4.69, 9.17) is 9.47 Å². The average Bonchev–Trinajstić information content (AvgIpc) is 2.78. The van der Waals surface area contributed by atoms with Crippen molar-refractivity contribution >= 4 is 23.2 Å². The summed E-state index contributed by atoms with van der Waals surface area (Å²) in [5.41, 5.74) is 2.69. The van der Waals surface area contributed by atoms with Crippen LogP contribution in [0.3, 0.4) is 0 Å². The zero-order valence-electron chi connectivity index (χ0n) is 16.8. The molecular weight excluding hydrogens is 382 g/mol. The number of methoxy groups -OCH3 is 2. The molecular formula is C23H23N3O4. The third-order valence-electron chi connectivity index (χ3n) is 4.44. The first kappa shape index (κ1) is 20.9. The number of benzene rings is 2. The van der Waals surface area contributed by atoms with Crippen LogP contribution in [0.1, 0.15) is 22.3 Å². The molecule has 3 rings (SSSR count). The summed E-state index contributed by atoms with van der Waals surface area (Å²) in [4.78, 5) is 28.5. The fourth-order valence-electron chi connectivity index (χ4n) is 2.90. The molecule has 7 heteroatoms. The van der Waals surface area contributed by atoms with Gasteiger partial charge < -0.3 is 20.1 Å². The van der Waals surface area contributed by atoms with Gasteiger partial charge in [-0.25, -0.2) is 0 Å². The number of rotatable bonds is 8. The summed E-state index contributed by atoms with van der Waals surface area (Å²) in [7, 11) is 3.16. The molecule has 0 saturated carbocycles. The molecule has 0 fully saturated rings. The highest BCUT2D eigenvalue weighted by Gasteiger charge is 2.09. The van der Waals surface area contributed by atoms with E-state index in [1.54, 1.807) is 63.0 Å². The third-order valence-corrected chi connectivity index (χ3v) is 4.44. The summed E-state index contributed by atoms with van der Waals surface area (Å²) >= 11 is 0. The normalized spacial score (nSPS) is 10.2. The van der Waals surface area contributed by atoms with Crippen molar-refractivity contribution in [1.82, 2.24) is 4.98 Å². The Labute approximate surface area is 175 Å². The van der Waals surface area contributed by atoms with Gasteiger partial charge in [-0.15, -0.1) is 0 Å². The van der Waals surface area contributed by atoms with Crippen LogP contribution in [0, 0.1) is 0 Å². The summed E-state index contributed by atoms with van der Waals surface area (Å²) in [5, 5.41) is 5.67. The Balaban J connectivity index is 1.57. The van der Waals surface area contributed by atoms with E-state index in [0.29, 0.717) is 41.3 Å². The Bertz CT molecular complexity index is 1020. The van der Waals surface area contributed by atoms with E-state index in [-0.39, 0.29) is 11.8 Å². The predicted octanol–water partition coefficient (Wildman–Crippen LogP) is 3.92. The maximum Gasteiger partial charge on any atom is 0.255 e. The van der Waals surface area contributed by atoms with Crippen molar-refractivity contribution in [1.29, 1.82) is 0 Å². The lowest BCUT2D eigenvalue weighted by Crippen LogP contribution is -2.14. The van der Waals surface area contributed by atoms with Crippen LogP contribution >= 0.6 is 0 Å². The molecule has 0 aliphatic heterocycles. The molecule has 154 valence electrons. The van der Waals surface area contributed by atoms with Crippen molar-refractivity contribution in [2.24, 2.45) is 0 Å². The summed E-state index contributed by atoms with van der Waals surface area (Å²) < 4.78 is 10.5. The first-order valence-corrected chi connectivity index (χ1v) is 9.41. The quantitative estimate of drug-likeness (QED) is 0.593. The van der Waals surface area contributed by atoms with E-state index >= 15 is 0 Å². The highest BCUT2D eigenvalue weighted by Crippen LogP contribution is 2.28. The summed E-state index contributed by atoms with van der Waals surface area (Å²) in [6.45, 7) is 0. The second-order valence-corrected chi connectivity index (χ2v) is 6.51. The van der Waals surface area contributed by atoms with Gasteiger partial charge in [-0.1, -0.05) is 12.1 Å². The fraction of sp³-hybridized carbons (Fsp3) is 0.174. The molecule has 0 bridgehead atoms. The smallest absolute Gasteiger partial charge is 0.255 e. The Morgan fingerprint density at radius 3 is 2.27 bits per heavy atom. The number of pyridine rings is 1. The minimum Gasteiger partial charge on any atom is -0.493 e. The number of carbonyl (C=O) groups excluding carboxylic acids is 2. The zero-order chi connectivity index (χ0) is 21.3. The van der Waals surface area contributed by atoms with E-state index in [0.717, 1.165) is 5.56 Å². The number of ether oxygens (including phenoxy) is 2. The Kier molecular flexibility index (Phi) is 7.00. The van der Waals surface area contributed by atoms with Gasteiger partial charge in [0.15, 0.2) is 11.5 Å². The Hall–Kier alpha value is -3.87. The molecule has 0 radical (unpaired) electrons. The van der Waals surface area contributed by atoms with E-state index in [9.17, 15) is 9.59 Å². The molecule has 0 unspecified atom stereocenters. The second kappa shape index (κ2) is 10.1. The minimum atomic E-state index is -0.241. The van der Waals surface area contributed by atoms with Crippen LogP contribution < -0.4 is 20.1 Å². The van der Waals surface area contributed by atoms with Crippen molar-refractivity contribution in [3.63, 3.8) is 0 Å². The van der Waals surface area contributed by atoms with Gasteiger partial charge in [-0.05, 0) is 54.4 Å². The molecule has 0 saturated heterocycles. The van der Waals surface area contributed by atoms with Gasteiger partial charge >= 0.3 is 0 Å². The molecule has 3 aromatic rings. The number of nitrogens with one attached hydrogen (secondary N) is 2. The number of amides is 2. The molecule has 1 heterocycles. The van der Waals surface area contributed by atoms with Gasteiger partial charge in [0.2, 0.25) is 5.91 Å². The average molecular weight is 405 g/mol. The van der Waals surface area contributed by atoms with Crippen LogP contribution in [0.5, 0.6) is 11.5 Å². The van der Waals surface area contributed by atoms with E-state index in [1.807, 2.05) is 18.2 Å². The van der Waals surface area contributed by atoms with Crippen molar-refractivity contribution < 1.29 is 19.1 Å². The van der Waals surface area contributed by atoms with Gasteiger partial charge in [0.25, 0.3) is 5.91 Å².